The van der Waals surface area contributed by atoms with Crippen LogP contribution in [0.3, 0.4) is 0 Å². The summed E-state index contributed by atoms with van der Waals surface area (Å²) in [6.45, 7) is 0.0804. The molecule has 4 aromatic rings. The number of nitro benzene ring substituents is 1. The average Bonchev–Trinajstić information content (AvgIpc) is 3.32. The van der Waals surface area contributed by atoms with Gasteiger partial charge in [0.05, 0.1) is 30.9 Å². The number of carbonyl (C=O) groups is 2. The van der Waals surface area contributed by atoms with Crippen LogP contribution in [0.5, 0.6) is 11.5 Å². The normalized spacial score (nSPS) is 10.7. The second-order valence-corrected chi connectivity index (χ2v) is 7.64. The van der Waals surface area contributed by atoms with Gasteiger partial charge in [0.1, 0.15) is 12.0 Å². The number of nitrogens with zero attached hydrogens (tertiary/aromatic N) is 4. The number of methoxy groups -OCH3 is 2. The van der Waals surface area contributed by atoms with Gasteiger partial charge in [0.15, 0.2) is 22.8 Å². The van der Waals surface area contributed by atoms with Crippen LogP contribution in [0, 0.1) is 10.1 Å². The predicted molar refractivity (Wildman–Crippen MR) is 129 cm³/mol. The third-order valence-electron chi connectivity index (χ3n) is 5.50. The standard InChI is InChI=1S/C24H22N6O6/c1-35-19-10-15(17(30(33)34)12-20(19)36-2)8-9-26-24(32)18-11-16(14-6-4-3-5-7-14)28-23-21(22(25)31)27-13-29(18)23/h3-7,10-13H,8-9H2,1-2H3,(H2,25,31)(H,26,32). The van der Waals surface area contributed by atoms with Crippen molar-refractivity contribution in [3.05, 3.63) is 81.9 Å². The molecule has 0 aliphatic carbocycles. The van der Waals surface area contributed by atoms with Crippen molar-refractivity contribution in [3.8, 4) is 22.8 Å². The maximum absolute atomic E-state index is 13.2. The summed E-state index contributed by atoms with van der Waals surface area (Å²) in [5.74, 6) is -0.696. The van der Waals surface area contributed by atoms with Crippen LogP contribution in [0.1, 0.15) is 26.5 Å². The van der Waals surface area contributed by atoms with Crippen molar-refractivity contribution >= 4 is 23.1 Å². The molecule has 184 valence electrons. The third-order valence-corrected chi connectivity index (χ3v) is 5.50. The number of hydrogen-bond acceptors (Lipinski definition) is 8. The molecule has 4 rings (SSSR count). The van der Waals surface area contributed by atoms with Crippen LogP contribution in [-0.4, -0.2) is 51.9 Å². The summed E-state index contributed by atoms with van der Waals surface area (Å²) >= 11 is 0. The van der Waals surface area contributed by atoms with Crippen molar-refractivity contribution in [2.75, 3.05) is 20.8 Å². The molecule has 0 saturated heterocycles. The highest BCUT2D eigenvalue weighted by atomic mass is 16.6. The molecule has 0 unspecified atom stereocenters. The Balaban J connectivity index is 1.64. The molecule has 2 heterocycles. The van der Waals surface area contributed by atoms with E-state index in [0.717, 1.165) is 5.56 Å². The number of primary amides is 1. The molecule has 0 bridgehead atoms. The Labute approximate surface area is 204 Å². The molecular formula is C24H22N6O6. The van der Waals surface area contributed by atoms with Crippen molar-refractivity contribution in [2.45, 2.75) is 6.42 Å². The summed E-state index contributed by atoms with van der Waals surface area (Å²) < 4.78 is 11.8. The number of fused-ring (bicyclic) bond motifs is 1. The molecule has 2 aromatic heterocycles. The van der Waals surface area contributed by atoms with Crippen molar-refractivity contribution in [2.24, 2.45) is 5.73 Å². The van der Waals surface area contributed by atoms with Gasteiger partial charge in [-0.2, -0.15) is 0 Å². The summed E-state index contributed by atoms with van der Waals surface area (Å²) in [6, 6.07) is 13.5. The van der Waals surface area contributed by atoms with E-state index in [2.05, 4.69) is 15.3 Å². The maximum atomic E-state index is 13.2. The zero-order valence-electron chi connectivity index (χ0n) is 19.4. The molecule has 2 aromatic carbocycles. The molecule has 3 N–H and O–H groups in total. The summed E-state index contributed by atoms with van der Waals surface area (Å²) in [5, 5.41) is 14.3. The van der Waals surface area contributed by atoms with Gasteiger partial charge in [-0.05, 0) is 18.6 Å². The molecule has 0 atom stereocenters. The first-order valence-corrected chi connectivity index (χ1v) is 10.7. The van der Waals surface area contributed by atoms with E-state index in [1.54, 1.807) is 6.07 Å². The Morgan fingerprint density at radius 3 is 2.44 bits per heavy atom. The second kappa shape index (κ2) is 10.1. The number of benzene rings is 2. The number of carbonyl (C=O) groups excluding carboxylic acids is 2. The minimum Gasteiger partial charge on any atom is -0.493 e. The van der Waals surface area contributed by atoms with Crippen LogP contribution < -0.4 is 20.5 Å². The van der Waals surface area contributed by atoms with Crippen molar-refractivity contribution in [1.29, 1.82) is 0 Å². The molecule has 0 aliphatic rings. The Bertz CT molecular complexity index is 1470. The van der Waals surface area contributed by atoms with Crippen molar-refractivity contribution in [3.63, 3.8) is 0 Å². The fraction of sp³-hybridized carbons (Fsp3) is 0.167. The van der Waals surface area contributed by atoms with E-state index in [1.165, 1.54) is 37.1 Å². The SMILES string of the molecule is COc1cc(CCNC(=O)c2cc(-c3ccccc3)nc3c(C(N)=O)ncn23)c([N+](=O)[O-])cc1OC. The number of nitrogens with two attached hydrogens (primary N) is 1. The highest BCUT2D eigenvalue weighted by molar-refractivity contribution is 5.99. The van der Waals surface area contributed by atoms with E-state index >= 15 is 0 Å². The number of nitro groups is 1. The second-order valence-electron chi connectivity index (χ2n) is 7.64. The first-order chi connectivity index (χ1) is 17.3. The van der Waals surface area contributed by atoms with Gasteiger partial charge in [0, 0.05) is 17.7 Å². The number of amides is 2. The maximum Gasteiger partial charge on any atom is 0.276 e. The Morgan fingerprint density at radius 2 is 1.81 bits per heavy atom. The lowest BCUT2D eigenvalue weighted by Crippen LogP contribution is -2.28. The number of nitrogens with one attached hydrogen (secondary N) is 1. The molecule has 0 radical (unpaired) electrons. The number of hydrogen-bond donors (Lipinski definition) is 2. The van der Waals surface area contributed by atoms with Gasteiger partial charge in [-0.25, -0.2) is 9.97 Å². The quantitative estimate of drug-likeness (QED) is 0.267. The van der Waals surface area contributed by atoms with E-state index in [-0.39, 0.29) is 41.4 Å². The first-order valence-electron chi connectivity index (χ1n) is 10.7. The lowest BCUT2D eigenvalue weighted by molar-refractivity contribution is -0.385. The molecule has 36 heavy (non-hydrogen) atoms. The van der Waals surface area contributed by atoms with E-state index < -0.39 is 16.7 Å². The molecular weight excluding hydrogens is 468 g/mol. The highest BCUT2D eigenvalue weighted by Crippen LogP contribution is 2.34. The van der Waals surface area contributed by atoms with Gasteiger partial charge >= 0.3 is 0 Å². The minimum atomic E-state index is -0.776. The Morgan fingerprint density at radius 1 is 1.11 bits per heavy atom. The molecule has 0 spiro atoms. The van der Waals surface area contributed by atoms with E-state index in [1.807, 2.05) is 30.3 Å². The van der Waals surface area contributed by atoms with E-state index in [0.29, 0.717) is 17.0 Å². The smallest absolute Gasteiger partial charge is 0.276 e. The molecule has 12 nitrogen and oxygen atoms in total. The third kappa shape index (κ3) is 4.64. The summed E-state index contributed by atoms with van der Waals surface area (Å²) in [7, 11) is 2.82. The number of imidazole rings is 1. The number of aromatic nitrogens is 3. The van der Waals surface area contributed by atoms with E-state index in [9.17, 15) is 19.7 Å². The molecule has 12 heteroatoms. The summed E-state index contributed by atoms with van der Waals surface area (Å²) in [6.07, 6.45) is 1.45. The van der Waals surface area contributed by atoms with Gasteiger partial charge in [-0.1, -0.05) is 30.3 Å². The van der Waals surface area contributed by atoms with Crippen LogP contribution in [0.4, 0.5) is 5.69 Å². The zero-order valence-corrected chi connectivity index (χ0v) is 19.4. The number of ether oxygens (including phenoxy) is 2. The average molecular weight is 490 g/mol. The fourth-order valence-electron chi connectivity index (χ4n) is 3.76. The minimum absolute atomic E-state index is 0.0669. The fourth-order valence-corrected chi connectivity index (χ4v) is 3.76. The zero-order chi connectivity index (χ0) is 25.8. The van der Waals surface area contributed by atoms with Gasteiger partial charge in [0.25, 0.3) is 17.5 Å². The van der Waals surface area contributed by atoms with Crippen molar-refractivity contribution < 1.29 is 24.0 Å². The van der Waals surface area contributed by atoms with Gasteiger partial charge in [0.2, 0.25) is 0 Å². The van der Waals surface area contributed by atoms with Crippen LogP contribution in [-0.2, 0) is 6.42 Å². The van der Waals surface area contributed by atoms with Crippen molar-refractivity contribution in [1.82, 2.24) is 19.7 Å². The molecule has 0 saturated carbocycles. The van der Waals surface area contributed by atoms with Gasteiger partial charge in [-0.3, -0.25) is 24.1 Å². The summed E-state index contributed by atoms with van der Waals surface area (Å²) in [4.78, 5) is 44.5. The van der Waals surface area contributed by atoms with Crippen LogP contribution in [0.25, 0.3) is 16.9 Å². The topological polar surface area (TPSA) is 164 Å². The van der Waals surface area contributed by atoms with Crippen LogP contribution in [0.2, 0.25) is 0 Å². The molecule has 0 fully saturated rings. The van der Waals surface area contributed by atoms with E-state index in [4.69, 9.17) is 15.2 Å². The van der Waals surface area contributed by atoms with Gasteiger partial charge < -0.3 is 20.5 Å². The lowest BCUT2D eigenvalue weighted by Gasteiger charge is -2.12. The Hall–Kier alpha value is -5.00. The predicted octanol–water partition coefficient (Wildman–Crippen LogP) is 2.39. The first kappa shape index (κ1) is 24.1. The van der Waals surface area contributed by atoms with Crippen LogP contribution in [0.15, 0.2) is 54.9 Å². The Kier molecular flexibility index (Phi) is 6.77. The monoisotopic (exact) mass is 490 g/mol. The molecule has 0 aliphatic heterocycles. The lowest BCUT2D eigenvalue weighted by atomic mass is 10.1. The number of rotatable bonds is 9. The largest absolute Gasteiger partial charge is 0.493 e. The van der Waals surface area contributed by atoms with Gasteiger partial charge in [-0.15, -0.1) is 0 Å². The van der Waals surface area contributed by atoms with Crippen LogP contribution >= 0.6 is 0 Å². The highest BCUT2D eigenvalue weighted by Gasteiger charge is 2.21. The molecule has 2 amide bonds. The summed E-state index contributed by atoms with van der Waals surface area (Å²) in [5.41, 5.74) is 7.07.